The van der Waals surface area contributed by atoms with Crippen LogP contribution in [0, 0.1) is 11.8 Å². The maximum atomic E-state index is 13.4. The summed E-state index contributed by atoms with van der Waals surface area (Å²) in [4.78, 5) is 26.6. The van der Waals surface area contributed by atoms with Crippen molar-refractivity contribution in [2.45, 2.75) is 85.5 Å². The molecule has 2 unspecified atom stereocenters. The van der Waals surface area contributed by atoms with Crippen molar-refractivity contribution in [1.29, 1.82) is 0 Å². The lowest BCUT2D eigenvalue weighted by atomic mass is 9.95. The van der Waals surface area contributed by atoms with E-state index >= 15 is 0 Å². The molecule has 2 aromatic rings. The van der Waals surface area contributed by atoms with Crippen LogP contribution in [0.1, 0.15) is 111 Å². The van der Waals surface area contributed by atoms with E-state index in [2.05, 4.69) is 27.7 Å². The lowest BCUT2D eigenvalue weighted by molar-refractivity contribution is 0.0380. The quantitative estimate of drug-likeness (QED) is 0.228. The van der Waals surface area contributed by atoms with Crippen LogP contribution < -0.4 is 0 Å². The first kappa shape index (κ1) is 28.6. The summed E-state index contributed by atoms with van der Waals surface area (Å²) in [5.74, 6) is -0.207. The summed E-state index contributed by atoms with van der Waals surface area (Å²) in [6, 6.07) is 15.4. The molecule has 0 bridgehead atoms. The molecular formula is C31H44O4. The number of benzene rings is 2. The van der Waals surface area contributed by atoms with Gasteiger partial charge in [0.25, 0.3) is 0 Å². The van der Waals surface area contributed by atoms with E-state index in [1.54, 1.807) is 6.07 Å². The molecule has 0 N–H and O–H groups in total. The zero-order valence-corrected chi connectivity index (χ0v) is 22.2. The average Bonchev–Trinajstić information content (AvgIpc) is 2.89. The number of unbranched alkanes of at least 4 members (excludes halogenated alkanes) is 2. The van der Waals surface area contributed by atoms with Crippen molar-refractivity contribution in [3.05, 3.63) is 70.8 Å². The van der Waals surface area contributed by atoms with Crippen molar-refractivity contribution in [3.8, 4) is 0 Å². The second-order valence-electron chi connectivity index (χ2n) is 9.53. The summed E-state index contributed by atoms with van der Waals surface area (Å²) in [7, 11) is 0. The second-order valence-corrected chi connectivity index (χ2v) is 9.53. The zero-order valence-electron chi connectivity index (χ0n) is 22.2. The van der Waals surface area contributed by atoms with Crippen LogP contribution in [0.3, 0.4) is 0 Å². The molecule has 0 aliphatic carbocycles. The Hall–Kier alpha value is -2.62. The van der Waals surface area contributed by atoms with Gasteiger partial charge < -0.3 is 9.47 Å². The molecule has 2 rings (SSSR count). The molecule has 0 aromatic heterocycles. The van der Waals surface area contributed by atoms with Gasteiger partial charge in [0.1, 0.15) is 0 Å². The van der Waals surface area contributed by atoms with Crippen LogP contribution in [-0.4, -0.2) is 25.2 Å². The molecule has 0 aliphatic heterocycles. The Morgan fingerprint density at radius 2 is 1.29 bits per heavy atom. The molecular weight excluding hydrogens is 436 g/mol. The van der Waals surface area contributed by atoms with Gasteiger partial charge in [-0.2, -0.15) is 0 Å². The Morgan fingerprint density at radius 3 is 1.83 bits per heavy atom. The van der Waals surface area contributed by atoms with Crippen LogP contribution in [0.15, 0.2) is 48.5 Å². The third-order valence-electron chi connectivity index (χ3n) is 6.80. The first-order valence-corrected chi connectivity index (χ1v) is 13.5. The Balaban J connectivity index is 2.27. The molecule has 0 aliphatic rings. The summed E-state index contributed by atoms with van der Waals surface area (Å²) in [6.45, 7) is 9.34. The van der Waals surface area contributed by atoms with Crippen molar-refractivity contribution in [3.63, 3.8) is 0 Å². The molecule has 4 nitrogen and oxygen atoms in total. The van der Waals surface area contributed by atoms with E-state index in [0.29, 0.717) is 42.6 Å². The van der Waals surface area contributed by atoms with Gasteiger partial charge in [0, 0.05) is 0 Å². The van der Waals surface area contributed by atoms with Gasteiger partial charge in [0.2, 0.25) is 0 Å². The second kappa shape index (κ2) is 16.1. The maximum absolute atomic E-state index is 13.4. The van der Waals surface area contributed by atoms with Gasteiger partial charge in [0.05, 0.1) is 24.3 Å². The monoisotopic (exact) mass is 480 g/mol. The van der Waals surface area contributed by atoms with Gasteiger partial charge in [0.15, 0.2) is 0 Å². The number of esters is 2. The van der Waals surface area contributed by atoms with Crippen molar-refractivity contribution < 1.29 is 19.1 Å². The SMILES string of the molecule is CCCCC(CC)COC(=O)c1cccc(Cc2ccccc2)c1C(=O)OCC(CC)CCCC. The molecule has 0 fully saturated rings. The number of carbonyl (C=O) groups excluding carboxylic acids is 2. The van der Waals surface area contributed by atoms with Gasteiger partial charge in [-0.3, -0.25) is 0 Å². The minimum absolute atomic E-state index is 0.301. The number of ether oxygens (including phenoxy) is 2. The van der Waals surface area contributed by atoms with E-state index in [1.807, 2.05) is 42.5 Å². The van der Waals surface area contributed by atoms with Crippen LogP contribution in [0.5, 0.6) is 0 Å². The number of hydrogen-bond acceptors (Lipinski definition) is 4. The predicted octanol–water partition coefficient (Wildman–Crippen LogP) is 8.02. The summed E-state index contributed by atoms with van der Waals surface area (Å²) >= 11 is 0. The molecule has 0 radical (unpaired) electrons. The third kappa shape index (κ3) is 9.51. The lowest BCUT2D eigenvalue weighted by Gasteiger charge is -2.18. The third-order valence-corrected chi connectivity index (χ3v) is 6.80. The van der Waals surface area contributed by atoms with E-state index in [9.17, 15) is 9.59 Å². The van der Waals surface area contributed by atoms with E-state index in [4.69, 9.17) is 9.47 Å². The highest BCUT2D eigenvalue weighted by Crippen LogP contribution is 2.23. The number of carbonyl (C=O) groups is 2. The minimum Gasteiger partial charge on any atom is -0.462 e. The normalized spacial score (nSPS) is 12.7. The number of hydrogen-bond donors (Lipinski definition) is 0. The maximum Gasteiger partial charge on any atom is 0.339 e. The van der Waals surface area contributed by atoms with Crippen molar-refractivity contribution in [2.24, 2.45) is 11.8 Å². The van der Waals surface area contributed by atoms with Crippen LogP contribution in [0.4, 0.5) is 0 Å². The molecule has 192 valence electrons. The first-order valence-electron chi connectivity index (χ1n) is 13.5. The average molecular weight is 481 g/mol. The Kier molecular flexibility index (Phi) is 13.2. The highest BCUT2D eigenvalue weighted by molar-refractivity contribution is 6.04. The van der Waals surface area contributed by atoms with Crippen molar-refractivity contribution >= 4 is 11.9 Å². The zero-order chi connectivity index (χ0) is 25.5. The molecule has 0 saturated carbocycles. The van der Waals surface area contributed by atoms with E-state index in [-0.39, 0.29) is 0 Å². The fourth-order valence-corrected chi connectivity index (χ4v) is 4.31. The molecule has 2 atom stereocenters. The predicted molar refractivity (Wildman–Crippen MR) is 143 cm³/mol. The highest BCUT2D eigenvalue weighted by Gasteiger charge is 2.24. The Bertz CT molecular complexity index is 890. The number of rotatable bonds is 16. The largest absolute Gasteiger partial charge is 0.462 e. The Labute approximate surface area is 212 Å². The van der Waals surface area contributed by atoms with Gasteiger partial charge in [-0.1, -0.05) is 109 Å². The van der Waals surface area contributed by atoms with Crippen LogP contribution >= 0.6 is 0 Å². The summed E-state index contributed by atoms with van der Waals surface area (Å²) in [5.41, 5.74) is 2.51. The topological polar surface area (TPSA) is 52.6 Å². The van der Waals surface area contributed by atoms with E-state index in [0.717, 1.165) is 62.5 Å². The molecule has 0 amide bonds. The smallest absolute Gasteiger partial charge is 0.339 e. The molecule has 35 heavy (non-hydrogen) atoms. The van der Waals surface area contributed by atoms with Crippen molar-refractivity contribution in [1.82, 2.24) is 0 Å². The molecule has 0 heterocycles. The van der Waals surface area contributed by atoms with Gasteiger partial charge in [-0.05, 0) is 48.3 Å². The van der Waals surface area contributed by atoms with Gasteiger partial charge >= 0.3 is 11.9 Å². The molecule has 2 aromatic carbocycles. The summed E-state index contributed by atoms with van der Waals surface area (Å²) in [5, 5.41) is 0. The lowest BCUT2D eigenvalue weighted by Crippen LogP contribution is -2.21. The van der Waals surface area contributed by atoms with Crippen LogP contribution in [0.2, 0.25) is 0 Å². The fraction of sp³-hybridized carbons (Fsp3) is 0.548. The molecule has 0 spiro atoms. The first-order chi connectivity index (χ1) is 17.0. The summed E-state index contributed by atoms with van der Waals surface area (Å²) < 4.78 is 11.5. The van der Waals surface area contributed by atoms with Gasteiger partial charge in [-0.15, -0.1) is 0 Å². The highest BCUT2D eigenvalue weighted by atomic mass is 16.5. The minimum atomic E-state index is -0.445. The van der Waals surface area contributed by atoms with Crippen LogP contribution in [0.25, 0.3) is 0 Å². The standard InChI is InChI=1S/C31H44O4/c1-5-9-15-24(7-3)22-34-30(32)28-20-14-19-27(21-26-17-12-11-13-18-26)29(28)31(33)35-23-25(8-4)16-10-6-2/h11-14,17-20,24-25H,5-10,15-16,21-23H2,1-4H3. The van der Waals surface area contributed by atoms with E-state index in [1.165, 1.54) is 0 Å². The Morgan fingerprint density at radius 1 is 0.714 bits per heavy atom. The fourth-order valence-electron chi connectivity index (χ4n) is 4.31. The van der Waals surface area contributed by atoms with Gasteiger partial charge in [-0.25, -0.2) is 9.59 Å². The van der Waals surface area contributed by atoms with E-state index < -0.39 is 11.9 Å². The van der Waals surface area contributed by atoms with Crippen molar-refractivity contribution in [2.75, 3.05) is 13.2 Å². The molecule has 0 saturated heterocycles. The van der Waals surface area contributed by atoms with Crippen LogP contribution in [-0.2, 0) is 15.9 Å². The molecule has 4 heteroatoms. The summed E-state index contributed by atoms with van der Waals surface area (Å²) in [6.07, 6.45) is 9.04.